The van der Waals surface area contributed by atoms with E-state index in [-0.39, 0.29) is 0 Å². The molecule has 0 bridgehead atoms. The van der Waals surface area contributed by atoms with Gasteiger partial charge in [0.25, 0.3) is 0 Å². The van der Waals surface area contributed by atoms with Gasteiger partial charge in [0.15, 0.2) is 0 Å². The Kier molecular flexibility index (Phi) is 5.02. The minimum Gasteiger partial charge on any atom is -0.460 e. The number of halogens is 1. The van der Waals surface area contributed by atoms with Crippen LogP contribution in [0.4, 0.5) is 0 Å². The van der Waals surface area contributed by atoms with Crippen LogP contribution in [0.25, 0.3) is 11.0 Å². The summed E-state index contributed by atoms with van der Waals surface area (Å²) >= 11 is 6.40. The van der Waals surface area contributed by atoms with Crippen LogP contribution in [0.5, 0.6) is 0 Å². The van der Waals surface area contributed by atoms with Crippen molar-refractivity contribution in [1.82, 2.24) is 19.6 Å². The molecule has 1 aromatic carbocycles. The zero-order chi connectivity index (χ0) is 18.1. The summed E-state index contributed by atoms with van der Waals surface area (Å²) in [5.74, 6) is 1.05. The normalized spacial score (nSPS) is 17.0. The number of fused-ring (bicyclic) bond motifs is 1. The van der Waals surface area contributed by atoms with Crippen molar-refractivity contribution in [2.24, 2.45) is 7.05 Å². The second-order valence-electron chi connectivity index (χ2n) is 7.13. The van der Waals surface area contributed by atoms with Gasteiger partial charge in [-0.1, -0.05) is 29.8 Å². The molecular formula is C20H25ClN4O. The molecule has 2 aromatic heterocycles. The Labute approximate surface area is 159 Å². The maximum absolute atomic E-state index is 6.40. The Morgan fingerprint density at radius 3 is 2.50 bits per heavy atom. The van der Waals surface area contributed by atoms with Crippen molar-refractivity contribution in [3.63, 3.8) is 0 Å². The Balaban J connectivity index is 1.38. The second-order valence-corrected chi connectivity index (χ2v) is 7.49. The quantitative estimate of drug-likeness (QED) is 0.697. The number of para-hydroxylation sites is 1. The molecule has 0 radical (unpaired) electrons. The van der Waals surface area contributed by atoms with Crippen molar-refractivity contribution in [2.75, 3.05) is 26.2 Å². The number of aromatic nitrogens is 2. The summed E-state index contributed by atoms with van der Waals surface area (Å²) in [6.07, 6.45) is 1.15. The molecule has 0 amide bonds. The largest absolute Gasteiger partial charge is 0.460 e. The summed E-state index contributed by atoms with van der Waals surface area (Å²) in [4.78, 5) is 4.96. The third kappa shape index (κ3) is 3.65. The maximum atomic E-state index is 6.40. The van der Waals surface area contributed by atoms with E-state index in [9.17, 15) is 0 Å². The van der Waals surface area contributed by atoms with Crippen LogP contribution in [-0.2, 0) is 20.1 Å². The zero-order valence-corrected chi connectivity index (χ0v) is 16.2. The van der Waals surface area contributed by atoms with Crippen molar-refractivity contribution in [3.8, 4) is 0 Å². The Hall–Kier alpha value is -1.82. The van der Waals surface area contributed by atoms with Gasteiger partial charge in [-0.3, -0.25) is 14.5 Å². The lowest BCUT2D eigenvalue weighted by atomic mass is 10.2. The first-order chi connectivity index (χ1) is 12.6. The lowest BCUT2D eigenvalue weighted by Crippen LogP contribution is -2.30. The van der Waals surface area contributed by atoms with Crippen LogP contribution in [0.2, 0.25) is 5.15 Å². The van der Waals surface area contributed by atoms with Gasteiger partial charge >= 0.3 is 0 Å². The monoisotopic (exact) mass is 372 g/mol. The SMILES string of the molecule is Cc1nn(C)c(Cl)c1CN1CCCN(Cc2cc3ccccc3o2)CC1. The predicted molar refractivity (Wildman–Crippen MR) is 104 cm³/mol. The first-order valence-corrected chi connectivity index (χ1v) is 9.58. The zero-order valence-electron chi connectivity index (χ0n) is 15.4. The van der Waals surface area contributed by atoms with Gasteiger partial charge in [0.05, 0.1) is 12.2 Å². The number of rotatable bonds is 4. The van der Waals surface area contributed by atoms with Gasteiger partial charge in [-0.15, -0.1) is 0 Å². The maximum Gasteiger partial charge on any atom is 0.134 e. The summed E-state index contributed by atoms with van der Waals surface area (Å²) < 4.78 is 7.75. The van der Waals surface area contributed by atoms with Gasteiger partial charge in [-0.2, -0.15) is 5.10 Å². The number of aryl methyl sites for hydroxylation is 2. The number of hydrogen-bond acceptors (Lipinski definition) is 4. The third-order valence-corrected chi connectivity index (χ3v) is 5.66. The highest BCUT2D eigenvalue weighted by molar-refractivity contribution is 6.30. The summed E-state index contributed by atoms with van der Waals surface area (Å²) in [5, 5.41) is 6.36. The van der Waals surface area contributed by atoms with Crippen LogP contribution < -0.4 is 0 Å². The molecule has 1 aliphatic rings. The standard InChI is InChI=1S/C20H25ClN4O/c1-15-18(20(21)23(2)22-15)14-25-9-5-8-24(10-11-25)13-17-12-16-6-3-4-7-19(16)26-17/h3-4,6-7,12H,5,8-11,13-14H2,1-2H3. The van der Waals surface area contributed by atoms with Crippen LogP contribution in [0.3, 0.4) is 0 Å². The molecule has 1 fully saturated rings. The molecule has 0 atom stereocenters. The van der Waals surface area contributed by atoms with Crippen LogP contribution in [0, 0.1) is 6.92 Å². The van der Waals surface area contributed by atoms with Crippen molar-refractivity contribution in [1.29, 1.82) is 0 Å². The minimum absolute atomic E-state index is 0.755. The van der Waals surface area contributed by atoms with E-state index in [1.54, 1.807) is 4.68 Å². The Bertz CT molecular complexity index is 867. The lowest BCUT2D eigenvalue weighted by Gasteiger charge is -2.21. The highest BCUT2D eigenvalue weighted by Gasteiger charge is 2.19. The van der Waals surface area contributed by atoms with E-state index < -0.39 is 0 Å². The molecule has 0 N–H and O–H groups in total. The molecule has 1 saturated heterocycles. The number of nitrogens with zero attached hydrogens (tertiary/aromatic N) is 4. The molecule has 3 heterocycles. The molecule has 6 heteroatoms. The fourth-order valence-corrected chi connectivity index (χ4v) is 3.99. The highest BCUT2D eigenvalue weighted by atomic mass is 35.5. The van der Waals surface area contributed by atoms with Crippen LogP contribution >= 0.6 is 11.6 Å². The number of hydrogen-bond donors (Lipinski definition) is 0. The molecule has 5 nitrogen and oxygen atoms in total. The van der Waals surface area contributed by atoms with Gasteiger partial charge < -0.3 is 4.42 Å². The van der Waals surface area contributed by atoms with E-state index in [0.29, 0.717) is 0 Å². The fourth-order valence-electron chi connectivity index (χ4n) is 3.75. The molecule has 138 valence electrons. The second kappa shape index (κ2) is 7.43. The summed E-state index contributed by atoms with van der Waals surface area (Å²) in [7, 11) is 1.90. The van der Waals surface area contributed by atoms with Crippen molar-refractivity contribution in [3.05, 3.63) is 52.5 Å². The van der Waals surface area contributed by atoms with Crippen molar-refractivity contribution < 1.29 is 4.42 Å². The molecule has 3 aromatic rings. The average Bonchev–Trinajstić information content (AvgIpc) is 3.03. The van der Waals surface area contributed by atoms with Crippen LogP contribution in [0.1, 0.15) is 23.4 Å². The first-order valence-electron chi connectivity index (χ1n) is 9.20. The lowest BCUT2D eigenvalue weighted by molar-refractivity contribution is 0.236. The molecule has 1 aliphatic heterocycles. The molecule has 0 spiro atoms. The molecule has 26 heavy (non-hydrogen) atoms. The third-order valence-electron chi connectivity index (χ3n) is 5.19. The van der Waals surface area contributed by atoms with Crippen LogP contribution in [0.15, 0.2) is 34.7 Å². The smallest absolute Gasteiger partial charge is 0.134 e. The summed E-state index contributed by atoms with van der Waals surface area (Å²) in [6, 6.07) is 10.4. The fraction of sp³-hybridized carbons (Fsp3) is 0.450. The van der Waals surface area contributed by atoms with Crippen LogP contribution in [-0.4, -0.2) is 45.8 Å². The van der Waals surface area contributed by atoms with Crippen molar-refractivity contribution in [2.45, 2.75) is 26.4 Å². The number of benzene rings is 1. The number of furan rings is 1. The van der Waals surface area contributed by atoms with Crippen molar-refractivity contribution >= 4 is 22.6 Å². The molecule has 0 aliphatic carbocycles. The van der Waals surface area contributed by atoms with E-state index >= 15 is 0 Å². The van der Waals surface area contributed by atoms with E-state index in [0.717, 1.165) is 73.4 Å². The topological polar surface area (TPSA) is 37.4 Å². The summed E-state index contributed by atoms with van der Waals surface area (Å²) in [5.41, 5.74) is 3.15. The molecule has 4 rings (SSSR count). The summed E-state index contributed by atoms with van der Waals surface area (Å²) in [6.45, 7) is 8.02. The van der Waals surface area contributed by atoms with E-state index in [4.69, 9.17) is 16.0 Å². The minimum atomic E-state index is 0.755. The Morgan fingerprint density at radius 2 is 1.81 bits per heavy atom. The van der Waals surface area contributed by atoms with Gasteiger partial charge in [-0.25, -0.2) is 0 Å². The van der Waals surface area contributed by atoms with E-state index in [2.05, 4.69) is 33.1 Å². The molecule has 0 unspecified atom stereocenters. The van der Waals surface area contributed by atoms with E-state index in [1.807, 2.05) is 26.1 Å². The van der Waals surface area contributed by atoms with Gasteiger partial charge in [0.2, 0.25) is 0 Å². The first kappa shape index (κ1) is 17.6. The molecular weight excluding hydrogens is 348 g/mol. The van der Waals surface area contributed by atoms with Gasteiger partial charge in [0, 0.05) is 37.6 Å². The van der Waals surface area contributed by atoms with Gasteiger partial charge in [-0.05, 0) is 38.6 Å². The van der Waals surface area contributed by atoms with E-state index in [1.165, 1.54) is 5.39 Å². The predicted octanol–water partition coefficient (Wildman–Crippen LogP) is 3.84. The van der Waals surface area contributed by atoms with Gasteiger partial charge in [0.1, 0.15) is 16.5 Å². The molecule has 0 saturated carbocycles. The highest BCUT2D eigenvalue weighted by Crippen LogP contribution is 2.23. The Morgan fingerprint density at radius 1 is 1.08 bits per heavy atom. The average molecular weight is 373 g/mol.